The number of aliphatic hydroxyl groups is 1. The number of rotatable bonds is 5. The molecule has 1 saturated heterocycles. The third-order valence-corrected chi connectivity index (χ3v) is 12.1. The van der Waals surface area contributed by atoms with Crippen LogP contribution in [0.3, 0.4) is 0 Å². The molecule has 2 bridgehead atoms. The Morgan fingerprint density at radius 3 is 2.38 bits per heavy atom. The molecule has 0 saturated carbocycles. The highest BCUT2D eigenvalue weighted by molar-refractivity contribution is 8.14. The first-order valence-corrected chi connectivity index (χ1v) is 20.9. The van der Waals surface area contributed by atoms with E-state index < -0.39 is 59.6 Å². The number of carbonyl (C=O) groups excluding carboxylic acids is 5. The van der Waals surface area contributed by atoms with Crippen molar-refractivity contribution >= 4 is 46.4 Å². The topological polar surface area (TPSA) is 176 Å². The Hall–Kier alpha value is -3.65. The number of hydrogen-bond acceptors (Lipinski definition) is 10. The average Bonchev–Trinajstić information content (AvgIpc) is 3.81. The van der Waals surface area contributed by atoms with E-state index in [0.29, 0.717) is 63.0 Å². The number of cyclic esters (lactones) is 1. The number of hydrogen-bond donors (Lipinski definition) is 4. The van der Waals surface area contributed by atoms with Crippen molar-refractivity contribution in [1.82, 2.24) is 20.9 Å². The van der Waals surface area contributed by atoms with Crippen molar-refractivity contribution in [2.24, 2.45) is 22.2 Å². The van der Waals surface area contributed by atoms with Crippen LogP contribution >= 0.6 is 11.8 Å². The minimum atomic E-state index is -1.04. The van der Waals surface area contributed by atoms with Gasteiger partial charge in [0, 0.05) is 31.6 Å². The first kappa shape index (κ1) is 44.1. The molecule has 4 N–H and O–H groups in total. The lowest BCUT2D eigenvalue weighted by Crippen LogP contribution is -2.59. The van der Waals surface area contributed by atoms with E-state index in [0.717, 1.165) is 10.6 Å². The summed E-state index contributed by atoms with van der Waals surface area (Å²) in [5, 5.41) is 20.4. The zero-order chi connectivity index (χ0) is 40.4. The molecule has 13 nitrogen and oxygen atoms in total. The van der Waals surface area contributed by atoms with Gasteiger partial charge in [-0.1, -0.05) is 60.1 Å². The molecule has 9 unspecified atom stereocenters. The van der Waals surface area contributed by atoms with E-state index in [1.54, 1.807) is 31.0 Å². The van der Waals surface area contributed by atoms with Crippen LogP contribution < -0.4 is 20.7 Å². The van der Waals surface area contributed by atoms with Crippen molar-refractivity contribution in [3.63, 3.8) is 0 Å². The first-order chi connectivity index (χ1) is 26.0. The lowest BCUT2D eigenvalue weighted by molar-refractivity contribution is -0.164. The average molecular weight is 786 g/mol. The molecule has 1 aromatic carbocycles. The Labute approximate surface area is 330 Å². The van der Waals surface area contributed by atoms with E-state index >= 15 is 0 Å². The summed E-state index contributed by atoms with van der Waals surface area (Å²) in [6.45, 7) is 13.8. The smallest absolute Gasteiger partial charge is 0.329 e. The van der Waals surface area contributed by atoms with E-state index in [1.165, 1.54) is 11.8 Å². The molecule has 3 aliphatic rings. The summed E-state index contributed by atoms with van der Waals surface area (Å²) in [7, 11) is 1.56. The van der Waals surface area contributed by atoms with Crippen LogP contribution in [0.15, 0.2) is 29.3 Å². The van der Waals surface area contributed by atoms with Crippen molar-refractivity contribution in [2.45, 2.75) is 149 Å². The number of thioether (sulfide) groups is 1. The fourth-order valence-corrected chi connectivity index (χ4v) is 8.46. The maximum atomic E-state index is 14.2. The van der Waals surface area contributed by atoms with Crippen molar-refractivity contribution in [2.75, 3.05) is 19.4 Å². The monoisotopic (exact) mass is 785 g/mol. The molecule has 0 aromatic heterocycles. The normalized spacial score (nSPS) is 30.5. The molecule has 14 heteroatoms. The van der Waals surface area contributed by atoms with Crippen molar-refractivity contribution in [3.05, 3.63) is 29.8 Å². The Morgan fingerprint density at radius 2 is 1.73 bits per heavy atom. The highest BCUT2D eigenvalue weighted by Crippen LogP contribution is 2.32. The van der Waals surface area contributed by atoms with Gasteiger partial charge in [-0.2, -0.15) is 0 Å². The van der Waals surface area contributed by atoms with Crippen LogP contribution in [0.5, 0.6) is 5.75 Å². The van der Waals surface area contributed by atoms with Crippen LogP contribution in [-0.2, 0) is 35.1 Å². The van der Waals surface area contributed by atoms with Crippen LogP contribution in [0.2, 0.25) is 0 Å². The first-order valence-electron chi connectivity index (χ1n) is 19.9. The van der Waals surface area contributed by atoms with Gasteiger partial charge in [0.1, 0.15) is 36.0 Å². The Balaban J connectivity index is 1.61. The van der Waals surface area contributed by atoms with Gasteiger partial charge >= 0.3 is 5.97 Å². The van der Waals surface area contributed by atoms with Gasteiger partial charge in [-0.25, -0.2) is 4.79 Å². The standard InChI is InChI=1S/C41H63N5O8S/c1-9-25(3)36-39(51)46-18-10-11-32(46)40(52)54-33(41(5,6)7)20-24(2)19-29(47)22-35-43-28(23-55-35)14-17-34(48)44-31(38(50)42-26(4)37(49)45-36)21-27-12-15-30(53-8)16-13-27/h12-13,15-16,24-26,28-29,31-33,36,47H,9-11,14,17-23H2,1-8H3,(H,42,50)(H,44,48)(H,45,49). The van der Waals surface area contributed by atoms with E-state index in [4.69, 9.17) is 14.5 Å². The maximum absolute atomic E-state index is 14.2. The van der Waals surface area contributed by atoms with Crippen LogP contribution in [-0.4, -0.2) is 106 Å². The molecule has 1 aromatic rings. The number of amides is 4. The zero-order valence-corrected chi connectivity index (χ0v) is 34.7. The van der Waals surface area contributed by atoms with Gasteiger partial charge in [0.05, 0.1) is 24.3 Å². The van der Waals surface area contributed by atoms with Crippen molar-refractivity contribution in [3.8, 4) is 5.75 Å². The molecular weight excluding hydrogens is 723 g/mol. The number of aliphatic imine (C=N–C) groups is 1. The second kappa shape index (κ2) is 20.0. The zero-order valence-electron chi connectivity index (χ0n) is 33.9. The fraction of sp³-hybridized carbons (Fsp3) is 0.707. The molecule has 9 atom stereocenters. The lowest BCUT2D eigenvalue weighted by Gasteiger charge is -2.35. The summed E-state index contributed by atoms with van der Waals surface area (Å²) >= 11 is 1.59. The van der Waals surface area contributed by atoms with Gasteiger partial charge in [-0.15, -0.1) is 11.8 Å². The van der Waals surface area contributed by atoms with Gasteiger partial charge in [0.2, 0.25) is 23.6 Å². The van der Waals surface area contributed by atoms with E-state index in [9.17, 15) is 29.1 Å². The summed E-state index contributed by atoms with van der Waals surface area (Å²) in [5.41, 5.74) is 0.393. The Morgan fingerprint density at radius 1 is 1.02 bits per heavy atom. The SMILES string of the molecule is CCC(C)C1NC(=O)C(C)NC(=O)C(Cc2ccc(OC)cc2)NC(=O)CCC2CSC(=N2)CC(O)CC(C)CC(C(C)(C)C)OC(=O)C2CCCN2C1=O. The maximum Gasteiger partial charge on any atom is 0.329 e. The number of benzene rings is 1. The summed E-state index contributed by atoms with van der Waals surface area (Å²) in [5.74, 6) is -1.12. The summed E-state index contributed by atoms with van der Waals surface area (Å²) in [6, 6.07) is 3.33. The van der Waals surface area contributed by atoms with Crippen LogP contribution in [0, 0.1) is 17.3 Å². The molecule has 3 aliphatic heterocycles. The summed E-state index contributed by atoms with van der Waals surface area (Å²) < 4.78 is 11.5. The fourth-order valence-electron chi connectivity index (χ4n) is 7.30. The summed E-state index contributed by atoms with van der Waals surface area (Å²) in [6.07, 6.45) is 2.80. The van der Waals surface area contributed by atoms with Gasteiger partial charge in [-0.05, 0) is 74.0 Å². The van der Waals surface area contributed by atoms with Gasteiger partial charge in [0.25, 0.3) is 0 Å². The van der Waals surface area contributed by atoms with Crippen molar-refractivity contribution in [1.29, 1.82) is 0 Å². The lowest BCUT2D eigenvalue weighted by atomic mass is 9.82. The second-order valence-corrected chi connectivity index (χ2v) is 17.8. The van der Waals surface area contributed by atoms with E-state index in [-0.39, 0.29) is 42.5 Å². The number of fused-ring (bicyclic) bond motifs is 2. The quantitative estimate of drug-likeness (QED) is 0.319. The molecule has 0 aliphatic carbocycles. The molecule has 55 heavy (non-hydrogen) atoms. The van der Waals surface area contributed by atoms with Gasteiger partial charge < -0.3 is 35.4 Å². The number of methoxy groups -OCH3 is 1. The number of carbonyl (C=O) groups is 5. The van der Waals surface area contributed by atoms with E-state index in [1.807, 2.05) is 53.7 Å². The molecule has 1 fully saturated rings. The predicted molar refractivity (Wildman–Crippen MR) is 214 cm³/mol. The molecule has 0 spiro atoms. The van der Waals surface area contributed by atoms with Crippen LogP contribution in [0.4, 0.5) is 0 Å². The largest absolute Gasteiger partial charge is 0.497 e. The minimum absolute atomic E-state index is 0.0310. The molecule has 4 amide bonds. The highest BCUT2D eigenvalue weighted by Gasteiger charge is 2.42. The van der Waals surface area contributed by atoms with Crippen molar-refractivity contribution < 1.29 is 38.6 Å². The summed E-state index contributed by atoms with van der Waals surface area (Å²) in [4.78, 5) is 75.2. The molecule has 4 rings (SSSR count). The van der Waals surface area contributed by atoms with Gasteiger partial charge in [-0.3, -0.25) is 24.2 Å². The number of aliphatic hydroxyl groups excluding tert-OH is 1. The number of ether oxygens (including phenoxy) is 2. The second-order valence-electron chi connectivity index (χ2n) is 16.7. The predicted octanol–water partition coefficient (Wildman–Crippen LogP) is 4.18. The Kier molecular flexibility index (Phi) is 16.0. The van der Waals surface area contributed by atoms with Crippen LogP contribution in [0.1, 0.15) is 105 Å². The highest BCUT2D eigenvalue weighted by atomic mass is 32.2. The number of nitrogens with one attached hydrogen (secondary N) is 3. The Bertz CT molecular complexity index is 1530. The molecule has 3 heterocycles. The minimum Gasteiger partial charge on any atom is -0.497 e. The number of esters is 1. The number of nitrogens with zero attached hydrogens (tertiary/aromatic N) is 2. The van der Waals surface area contributed by atoms with Gasteiger partial charge in [0.15, 0.2) is 0 Å². The molecule has 306 valence electrons. The third kappa shape index (κ3) is 12.7. The van der Waals surface area contributed by atoms with E-state index in [2.05, 4.69) is 16.0 Å². The third-order valence-electron chi connectivity index (χ3n) is 11.0. The molecular formula is C41H63N5O8S. The van der Waals surface area contributed by atoms with Crippen LogP contribution in [0.25, 0.3) is 0 Å². The molecule has 0 radical (unpaired) electrons.